The number of Topliss-reactive ketones (excluding diaryl/α,β-unsaturated/α-hetero) is 1. The third-order valence-electron chi connectivity index (χ3n) is 6.39. The van der Waals surface area contributed by atoms with Gasteiger partial charge in [-0.05, 0) is 69.5 Å². The van der Waals surface area contributed by atoms with Crippen LogP contribution in [-0.4, -0.2) is 55.5 Å². The summed E-state index contributed by atoms with van der Waals surface area (Å²) < 4.78 is 11.4. The molecule has 0 aromatic heterocycles. The molecular weight excluding hydrogens is 456 g/mol. The number of nitrogens with zero attached hydrogens (tertiary/aromatic N) is 1. The number of carbonyl (C=O) groups excluding carboxylic acids is 2. The van der Waals surface area contributed by atoms with Crippen LogP contribution in [0.5, 0.6) is 11.5 Å². The monoisotopic (exact) mass is 494 g/mol. The van der Waals surface area contributed by atoms with Gasteiger partial charge in [-0.1, -0.05) is 36.9 Å². The van der Waals surface area contributed by atoms with Crippen molar-refractivity contribution in [1.29, 1.82) is 0 Å². The van der Waals surface area contributed by atoms with Crippen LogP contribution in [0.2, 0.25) is 0 Å². The molecule has 0 radical (unpaired) electrons. The normalized spacial score (nSPS) is 17.3. The first-order chi connectivity index (χ1) is 17.3. The van der Waals surface area contributed by atoms with Gasteiger partial charge in [0.05, 0.1) is 44.9 Å². The third kappa shape index (κ3) is 6.26. The summed E-state index contributed by atoms with van der Waals surface area (Å²) in [5, 5.41) is 13.6. The van der Waals surface area contributed by atoms with Crippen molar-refractivity contribution in [1.82, 2.24) is 4.90 Å². The van der Waals surface area contributed by atoms with Crippen LogP contribution >= 0.6 is 0 Å². The first kappa shape index (κ1) is 27.3. The van der Waals surface area contributed by atoms with E-state index in [1.54, 1.807) is 29.2 Å². The molecule has 0 aliphatic carbocycles. The largest absolute Gasteiger partial charge is 0.872 e. The summed E-state index contributed by atoms with van der Waals surface area (Å²) in [6.45, 7) is 13.6. The molecule has 1 unspecified atom stereocenters. The molecule has 0 spiro atoms. The molecule has 1 aliphatic rings. The fourth-order valence-electron chi connectivity index (χ4n) is 4.41. The quantitative estimate of drug-likeness (QED) is 0.278. The van der Waals surface area contributed by atoms with Crippen LogP contribution in [0.4, 0.5) is 0 Å². The van der Waals surface area contributed by atoms with Crippen molar-refractivity contribution >= 4 is 17.4 Å². The number of ketones is 1. The minimum Gasteiger partial charge on any atom is -0.872 e. The van der Waals surface area contributed by atoms with E-state index in [9.17, 15) is 14.7 Å². The number of benzene rings is 2. The molecule has 0 bridgehead atoms. The molecule has 7 nitrogen and oxygen atoms in total. The standard InChI is InChI=1S/C29H38N2O5/c1-6-19-35-23-13-9-21(10-14-23)26-25(27(32)22-11-15-24(16-12-22)36-20(4)5)28(33)29(34)31(26)18-17-30(7-2)8-3/h9-16,20,26,32H,6-8,17-19H2,1-5H3/b27-25+. The number of likely N-dealkylation sites (N-methyl/N-ethyl adjacent to an activating group) is 1. The van der Waals surface area contributed by atoms with E-state index >= 15 is 0 Å². The number of quaternary nitrogens is 1. The van der Waals surface area contributed by atoms with Gasteiger partial charge in [-0.2, -0.15) is 0 Å². The lowest BCUT2D eigenvalue weighted by Gasteiger charge is -2.28. The minimum atomic E-state index is -0.737. The predicted molar refractivity (Wildman–Crippen MR) is 138 cm³/mol. The number of hydrogen-bond acceptors (Lipinski definition) is 5. The minimum absolute atomic E-state index is 0.00473. The van der Waals surface area contributed by atoms with Crippen molar-refractivity contribution in [2.75, 3.05) is 32.8 Å². The van der Waals surface area contributed by atoms with Gasteiger partial charge in [0, 0.05) is 5.57 Å². The van der Waals surface area contributed by atoms with E-state index in [0.29, 0.717) is 36.8 Å². The first-order valence-electron chi connectivity index (χ1n) is 12.9. The van der Waals surface area contributed by atoms with Crippen molar-refractivity contribution in [3.63, 3.8) is 0 Å². The van der Waals surface area contributed by atoms with Gasteiger partial charge in [0.15, 0.2) is 0 Å². The lowest BCUT2D eigenvalue weighted by atomic mass is 9.95. The molecule has 0 saturated carbocycles. The Morgan fingerprint density at radius 2 is 1.58 bits per heavy atom. The molecule has 1 amide bonds. The molecule has 1 atom stereocenters. The fraction of sp³-hybridized carbons (Fsp3) is 0.448. The molecule has 3 rings (SSSR count). The number of rotatable bonds is 12. The Bertz CT molecular complexity index is 1060. The van der Waals surface area contributed by atoms with E-state index in [2.05, 4.69) is 13.8 Å². The second-order valence-electron chi connectivity index (χ2n) is 9.29. The van der Waals surface area contributed by atoms with E-state index in [4.69, 9.17) is 9.47 Å². The number of amides is 1. The van der Waals surface area contributed by atoms with E-state index in [1.165, 1.54) is 4.90 Å². The lowest BCUT2D eigenvalue weighted by Crippen LogP contribution is -3.12. The summed E-state index contributed by atoms with van der Waals surface area (Å²) in [7, 11) is 0. The molecule has 1 fully saturated rings. The van der Waals surface area contributed by atoms with Crippen LogP contribution in [0, 0.1) is 0 Å². The Kier molecular flexibility index (Phi) is 9.53. The highest BCUT2D eigenvalue weighted by molar-refractivity contribution is 6.46. The Labute approximate surface area is 214 Å². The van der Waals surface area contributed by atoms with Gasteiger partial charge in [-0.25, -0.2) is 0 Å². The maximum absolute atomic E-state index is 13.6. The maximum Gasteiger partial charge on any atom is 0.295 e. The average Bonchev–Trinajstić information content (AvgIpc) is 3.13. The Morgan fingerprint density at radius 1 is 0.972 bits per heavy atom. The van der Waals surface area contributed by atoms with E-state index in [1.807, 2.05) is 45.0 Å². The lowest BCUT2D eigenvalue weighted by molar-refractivity contribution is -0.895. The van der Waals surface area contributed by atoms with Crippen LogP contribution in [0.25, 0.3) is 5.76 Å². The fourth-order valence-corrected chi connectivity index (χ4v) is 4.41. The van der Waals surface area contributed by atoms with Crippen molar-refractivity contribution in [3.05, 3.63) is 65.2 Å². The molecular formula is C29H38N2O5. The van der Waals surface area contributed by atoms with Gasteiger partial charge in [0.1, 0.15) is 11.5 Å². The highest BCUT2D eigenvalue weighted by Gasteiger charge is 2.44. The second-order valence-corrected chi connectivity index (χ2v) is 9.29. The molecule has 2 aromatic carbocycles. The summed E-state index contributed by atoms with van der Waals surface area (Å²) in [5.41, 5.74) is 1.07. The SMILES string of the molecule is CCCOc1ccc(C2/C(=C(\[O-])c3ccc(OC(C)C)cc3)C(=O)C(=O)N2CC[NH+](CC)CC)cc1. The molecule has 36 heavy (non-hydrogen) atoms. The van der Waals surface area contributed by atoms with Gasteiger partial charge >= 0.3 is 0 Å². The summed E-state index contributed by atoms with van der Waals surface area (Å²) in [5.74, 6) is -0.430. The third-order valence-corrected chi connectivity index (χ3v) is 6.39. The van der Waals surface area contributed by atoms with Gasteiger partial charge in [0.2, 0.25) is 5.78 Å². The van der Waals surface area contributed by atoms with Gasteiger partial charge in [0.25, 0.3) is 5.91 Å². The smallest absolute Gasteiger partial charge is 0.295 e. The first-order valence-corrected chi connectivity index (χ1v) is 12.9. The highest BCUT2D eigenvalue weighted by Crippen LogP contribution is 2.39. The van der Waals surface area contributed by atoms with Crippen LogP contribution in [0.15, 0.2) is 54.1 Å². The number of likely N-dealkylation sites (tertiary alicyclic amines) is 1. The Hall–Kier alpha value is -3.32. The zero-order valence-corrected chi connectivity index (χ0v) is 22.0. The molecule has 194 valence electrons. The number of ether oxygens (including phenoxy) is 2. The van der Waals surface area contributed by atoms with Crippen molar-refractivity contribution in [2.45, 2.75) is 53.2 Å². The van der Waals surface area contributed by atoms with Crippen LogP contribution < -0.4 is 19.5 Å². The van der Waals surface area contributed by atoms with Crippen molar-refractivity contribution in [2.24, 2.45) is 0 Å². The summed E-state index contributed by atoms with van der Waals surface area (Å²) in [6.07, 6.45) is 0.896. The van der Waals surface area contributed by atoms with E-state index in [0.717, 1.165) is 25.1 Å². The predicted octanol–water partition coefficient (Wildman–Crippen LogP) is 2.41. The number of hydrogen-bond donors (Lipinski definition) is 1. The molecule has 1 N–H and O–H groups in total. The Balaban J connectivity index is 2.02. The molecule has 1 heterocycles. The molecule has 1 saturated heterocycles. The zero-order valence-electron chi connectivity index (χ0n) is 22.0. The van der Waals surface area contributed by atoms with E-state index in [-0.39, 0.29) is 11.7 Å². The Morgan fingerprint density at radius 3 is 2.14 bits per heavy atom. The van der Waals surface area contributed by atoms with Crippen LogP contribution in [0.1, 0.15) is 58.2 Å². The second kappa shape index (κ2) is 12.6. The van der Waals surface area contributed by atoms with E-state index < -0.39 is 23.5 Å². The maximum atomic E-state index is 13.6. The van der Waals surface area contributed by atoms with Gasteiger partial charge < -0.3 is 24.4 Å². The summed E-state index contributed by atoms with van der Waals surface area (Å²) in [6, 6.07) is 13.3. The van der Waals surface area contributed by atoms with Gasteiger partial charge in [-0.15, -0.1) is 0 Å². The van der Waals surface area contributed by atoms with Gasteiger partial charge in [-0.3, -0.25) is 9.59 Å². The van der Waals surface area contributed by atoms with Crippen LogP contribution in [-0.2, 0) is 9.59 Å². The number of carbonyl (C=O) groups is 2. The zero-order chi connectivity index (χ0) is 26.2. The van der Waals surface area contributed by atoms with Crippen molar-refractivity contribution < 1.29 is 29.1 Å². The number of nitrogens with one attached hydrogen (secondary N) is 1. The topological polar surface area (TPSA) is 83.3 Å². The summed E-state index contributed by atoms with van der Waals surface area (Å²) >= 11 is 0. The molecule has 2 aromatic rings. The summed E-state index contributed by atoms with van der Waals surface area (Å²) in [4.78, 5) is 29.2. The van der Waals surface area contributed by atoms with Crippen molar-refractivity contribution in [3.8, 4) is 11.5 Å². The van der Waals surface area contributed by atoms with Crippen LogP contribution in [0.3, 0.4) is 0 Å². The average molecular weight is 495 g/mol. The molecule has 1 aliphatic heterocycles. The molecule has 7 heteroatoms. The highest BCUT2D eigenvalue weighted by atomic mass is 16.5.